The summed E-state index contributed by atoms with van der Waals surface area (Å²) in [5.41, 5.74) is 0. The van der Waals surface area contributed by atoms with Crippen LogP contribution in [0, 0.1) is 5.92 Å². The number of hydrogen-bond donors (Lipinski definition) is 2. The highest BCUT2D eigenvalue weighted by atomic mass is 16.5. The number of ether oxygens (including phenoxy) is 1. The monoisotopic (exact) mass is 272 g/mol. The summed E-state index contributed by atoms with van der Waals surface area (Å²) in [4.78, 5) is 26.5. The highest BCUT2D eigenvalue weighted by Crippen LogP contribution is 2.19. The molecule has 0 aromatic heterocycles. The van der Waals surface area contributed by atoms with Crippen LogP contribution < -0.4 is 0 Å². The topological polar surface area (TPSA) is 90.3 Å². The van der Waals surface area contributed by atoms with Crippen LogP contribution in [-0.2, 0) is 9.53 Å². The Kier molecular flexibility index (Phi) is 4.60. The van der Waals surface area contributed by atoms with E-state index in [0.717, 1.165) is 6.42 Å². The molecule has 2 N–H and O–H groups in total. The fraction of sp³-hybridized carbons (Fsp3) is 0.833. The quantitative estimate of drug-likeness (QED) is 0.713. The minimum absolute atomic E-state index is 0.110. The van der Waals surface area contributed by atoms with Crippen molar-refractivity contribution in [3.63, 3.8) is 0 Å². The summed E-state index contributed by atoms with van der Waals surface area (Å²) in [5, 5.41) is 18.1. The molecular formula is C12H20N2O5. The van der Waals surface area contributed by atoms with Crippen LogP contribution in [-0.4, -0.2) is 77.5 Å². The molecule has 2 aliphatic heterocycles. The van der Waals surface area contributed by atoms with Gasteiger partial charge in [0.1, 0.15) is 0 Å². The van der Waals surface area contributed by atoms with Crippen LogP contribution >= 0.6 is 0 Å². The van der Waals surface area contributed by atoms with Gasteiger partial charge in [-0.2, -0.15) is 0 Å². The molecule has 2 amide bonds. The van der Waals surface area contributed by atoms with Crippen molar-refractivity contribution in [2.24, 2.45) is 5.92 Å². The predicted octanol–water partition coefficient (Wildman–Crippen LogP) is -0.404. The van der Waals surface area contributed by atoms with E-state index in [9.17, 15) is 9.59 Å². The molecule has 7 heteroatoms. The van der Waals surface area contributed by atoms with Gasteiger partial charge in [-0.1, -0.05) is 0 Å². The fourth-order valence-electron chi connectivity index (χ4n) is 2.56. The first kappa shape index (κ1) is 14.1. The number of amides is 2. The van der Waals surface area contributed by atoms with E-state index in [1.165, 1.54) is 0 Å². The van der Waals surface area contributed by atoms with Crippen LogP contribution in [0.2, 0.25) is 0 Å². The molecule has 2 aliphatic rings. The van der Waals surface area contributed by atoms with Gasteiger partial charge in [0.15, 0.2) is 0 Å². The molecule has 2 atom stereocenters. The lowest BCUT2D eigenvalue weighted by Crippen LogP contribution is -2.54. The van der Waals surface area contributed by atoms with Crippen LogP contribution in [0.5, 0.6) is 0 Å². The van der Waals surface area contributed by atoms with Gasteiger partial charge in [-0.25, -0.2) is 4.79 Å². The number of carboxylic acids is 1. The molecule has 2 fully saturated rings. The van der Waals surface area contributed by atoms with Gasteiger partial charge in [-0.15, -0.1) is 0 Å². The number of likely N-dealkylation sites (tertiary alicyclic amines) is 1. The van der Waals surface area contributed by atoms with Gasteiger partial charge < -0.3 is 24.7 Å². The Morgan fingerprint density at radius 1 is 1.21 bits per heavy atom. The summed E-state index contributed by atoms with van der Waals surface area (Å²) in [5.74, 6) is -1.31. The van der Waals surface area contributed by atoms with Gasteiger partial charge in [-0.05, 0) is 12.8 Å². The molecule has 0 aromatic carbocycles. The number of rotatable bonds is 2. The number of carbonyl (C=O) groups is 2. The molecule has 19 heavy (non-hydrogen) atoms. The zero-order valence-electron chi connectivity index (χ0n) is 10.8. The average molecular weight is 272 g/mol. The van der Waals surface area contributed by atoms with E-state index in [4.69, 9.17) is 14.9 Å². The maximum absolute atomic E-state index is 12.3. The number of carboxylic acid groups (broad SMARTS) is 1. The molecule has 1 unspecified atom stereocenters. The maximum Gasteiger partial charge on any atom is 0.320 e. The Balaban J connectivity index is 1.93. The van der Waals surface area contributed by atoms with Crippen molar-refractivity contribution in [3.05, 3.63) is 0 Å². The van der Waals surface area contributed by atoms with Crippen molar-refractivity contribution in [3.8, 4) is 0 Å². The Hall–Kier alpha value is -1.34. The molecular weight excluding hydrogens is 252 g/mol. The minimum Gasteiger partial charge on any atom is -0.481 e. The largest absolute Gasteiger partial charge is 0.481 e. The second kappa shape index (κ2) is 6.21. The van der Waals surface area contributed by atoms with E-state index in [1.54, 1.807) is 9.80 Å². The van der Waals surface area contributed by atoms with Crippen molar-refractivity contribution in [2.45, 2.75) is 18.9 Å². The zero-order chi connectivity index (χ0) is 13.8. The van der Waals surface area contributed by atoms with Crippen LogP contribution in [0.15, 0.2) is 0 Å². The molecule has 2 saturated heterocycles. The van der Waals surface area contributed by atoms with E-state index in [1.807, 2.05) is 0 Å². The van der Waals surface area contributed by atoms with Crippen molar-refractivity contribution in [1.82, 2.24) is 9.80 Å². The van der Waals surface area contributed by atoms with Gasteiger partial charge in [0.2, 0.25) is 0 Å². The Bertz CT molecular complexity index is 349. The molecule has 108 valence electrons. The normalized spacial score (nSPS) is 28.3. The van der Waals surface area contributed by atoms with E-state index in [2.05, 4.69) is 0 Å². The summed E-state index contributed by atoms with van der Waals surface area (Å²) in [7, 11) is 0. The first-order valence-corrected chi connectivity index (χ1v) is 6.61. The molecule has 2 heterocycles. The van der Waals surface area contributed by atoms with E-state index in [0.29, 0.717) is 32.7 Å². The standard InChI is InChI=1S/C12H20N2O5/c15-8-10-7-14(4-5-19-10)12(18)13-3-1-2-9(6-13)11(16)17/h9-10,15H,1-8H2,(H,16,17)/t9-,10?/m0/s1. The zero-order valence-corrected chi connectivity index (χ0v) is 10.8. The predicted molar refractivity (Wildman–Crippen MR) is 65.7 cm³/mol. The first-order valence-electron chi connectivity index (χ1n) is 6.61. The lowest BCUT2D eigenvalue weighted by molar-refractivity contribution is -0.143. The number of hydrogen-bond acceptors (Lipinski definition) is 4. The van der Waals surface area contributed by atoms with Gasteiger partial charge in [0, 0.05) is 19.6 Å². The number of carbonyl (C=O) groups excluding carboxylic acids is 1. The second-order valence-corrected chi connectivity index (χ2v) is 5.03. The number of urea groups is 1. The molecule has 0 bridgehead atoms. The summed E-state index contributed by atoms with van der Waals surface area (Å²) in [6, 6.07) is -0.146. The number of aliphatic hydroxyl groups is 1. The molecule has 0 spiro atoms. The van der Waals surface area contributed by atoms with Gasteiger partial charge in [0.05, 0.1) is 31.8 Å². The summed E-state index contributed by atoms with van der Waals surface area (Å²) < 4.78 is 5.30. The summed E-state index contributed by atoms with van der Waals surface area (Å²) in [6.07, 6.45) is 1.01. The van der Waals surface area contributed by atoms with E-state index >= 15 is 0 Å². The Labute approximate surface area is 111 Å². The highest BCUT2D eigenvalue weighted by molar-refractivity contribution is 5.76. The number of nitrogens with zero attached hydrogens (tertiary/aromatic N) is 2. The van der Waals surface area contributed by atoms with Crippen LogP contribution in [0.4, 0.5) is 4.79 Å². The molecule has 0 aliphatic carbocycles. The molecule has 2 rings (SSSR count). The minimum atomic E-state index is -0.840. The third-order valence-electron chi connectivity index (χ3n) is 3.65. The number of piperidine rings is 1. The summed E-state index contributed by atoms with van der Waals surface area (Å²) >= 11 is 0. The fourth-order valence-corrected chi connectivity index (χ4v) is 2.56. The third kappa shape index (κ3) is 3.36. The van der Waals surface area contributed by atoms with Crippen molar-refractivity contribution in [1.29, 1.82) is 0 Å². The highest BCUT2D eigenvalue weighted by Gasteiger charge is 2.32. The average Bonchev–Trinajstić information content (AvgIpc) is 2.46. The smallest absolute Gasteiger partial charge is 0.320 e. The Morgan fingerprint density at radius 3 is 2.63 bits per heavy atom. The molecule has 7 nitrogen and oxygen atoms in total. The maximum atomic E-state index is 12.3. The van der Waals surface area contributed by atoms with Gasteiger partial charge in [0.25, 0.3) is 0 Å². The molecule has 0 aromatic rings. The molecule has 0 radical (unpaired) electrons. The van der Waals surface area contributed by atoms with Crippen molar-refractivity contribution in [2.75, 3.05) is 39.4 Å². The van der Waals surface area contributed by atoms with Crippen molar-refractivity contribution < 1.29 is 24.5 Å². The number of aliphatic carboxylic acids is 1. The van der Waals surface area contributed by atoms with Crippen LogP contribution in [0.3, 0.4) is 0 Å². The SMILES string of the molecule is O=C(O)[C@H]1CCCN(C(=O)N2CCOC(CO)C2)C1. The molecule has 0 saturated carbocycles. The van der Waals surface area contributed by atoms with Crippen molar-refractivity contribution >= 4 is 12.0 Å². The number of morpholine rings is 1. The second-order valence-electron chi connectivity index (χ2n) is 5.03. The number of aliphatic hydroxyl groups excluding tert-OH is 1. The van der Waals surface area contributed by atoms with Crippen LogP contribution in [0.25, 0.3) is 0 Å². The lowest BCUT2D eigenvalue weighted by Gasteiger charge is -2.38. The lowest BCUT2D eigenvalue weighted by atomic mass is 9.98. The van der Waals surface area contributed by atoms with Gasteiger partial charge >= 0.3 is 12.0 Å². The Morgan fingerprint density at radius 2 is 1.95 bits per heavy atom. The van der Waals surface area contributed by atoms with E-state index in [-0.39, 0.29) is 25.3 Å². The summed E-state index contributed by atoms with van der Waals surface area (Å²) in [6.45, 7) is 2.03. The first-order chi connectivity index (χ1) is 9.11. The van der Waals surface area contributed by atoms with E-state index < -0.39 is 11.9 Å². The third-order valence-corrected chi connectivity index (χ3v) is 3.65. The van der Waals surface area contributed by atoms with Gasteiger partial charge in [-0.3, -0.25) is 4.79 Å². The van der Waals surface area contributed by atoms with Crippen LogP contribution in [0.1, 0.15) is 12.8 Å².